The molecule has 3 nitrogen and oxygen atoms in total. The highest BCUT2D eigenvalue weighted by Crippen LogP contribution is 2.32. The molecule has 0 aliphatic heterocycles. The van der Waals surface area contributed by atoms with E-state index in [-0.39, 0.29) is 5.78 Å². The Hall–Kier alpha value is -2.63. The normalized spacial score (nSPS) is 10.7. The maximum absolute atomic E-state index is 12.7. The van der Waals surface area contributed by atoms with E-state index in [2.05, 4.69) is 9.97 Å². The quantitative estimate of drug-likeness (QED) is 0.478. The van der Waals surface area contributed by atoms with Crippen LogP contribution in [-0.2, 0) is 0 Å². The molecule has 0 fully saturated rings. The van der Waals surface area contributed by atoms with E-state index < -0.39 is 0 Å². The first-order valence-corrected chi connectivity index (χ1v) is 9.02. The van der Waals surface area contributed by atoms with Crippen molar-refractivity contribution < 1.29 is 4.79 Å². The summed E-state index contributed by atoms with van der Waals surface area (Å²) < 4.78 is 0. The van der Waals surface area contributed by atoms with Crippen molar-refractivity contribution in [3.05, 3.63) is 82.8 Å². The second-order valence-corrected chi connectivity index (χ2v) is 7.25. The zero-order valence-corrected chi connectivity index (χ0v) is 14.2. The van der Waals surface area contributed by atoms with Crippen LogP contribution in [0.15, 0.2) is 73.1 Å². The third kappa shape index (κ3) is 2.91. The molecule has 0 amide bonds. The summed E-state index contributed by atoms with van der Waals surface area (Å²) >= 11 is 2.95. The Labute approximate surface area is 147 Å². The Balaban J connectivity index is 1.61. The monoisotopic (exact) mass is 348 g/mol. The maximum atomic E-state index is 12.7. The molecule has 116 valence electrons. The molecule has 0 aromatic carbocycles. The molecule has 0 unspecified atom stereocenters. The fourth-order valence-corrected chi connectivity index (χ4v) is 4.27. The van der Waals surface area contributed by atoms with E-state index in [0.717, 1.165) is 30.9 Å². The van der Waals surface area contributed by atoms with Crippen LogP contribution in [0.2, 0.25) is 0 Å². The van der Waals surface area contributed by atoms with Gasteiger partial charge in [0.2, 0.25) is 5.78 Å². The molecule has 0 aliphatic carbocycles. The smallest absolute Gasteiger partial charge is 0.212 e. The lowest BCUT2D eigenvalue weighted by Gasteiger charge is -1.95. The van der Waals surface area contributed by atoms with E-state index in [4.69, 9.17) is 0 Å². The first kappa shape index (κ1) is 14.9. The molecule has 0 aliphatic rings. The molecule has 0 saturated carbocycles. The zero-order valence-electron chi connectivity index (χ0n) is 12.5. The third-order valence-electron chi connectivity index (χ3n) is 3.49. The summed E-state index contributed by atoms with van der Waals surface area (Å²) in [5.41, 5.74) is 1.78. The van der Waals surface area contributed by atoms with Gasteiger partial charge < -0.3 is 0 Å². The van der Waals surface area contributed by atoms with Crippen LogP contribution in [0.5, 0.6) is 0 Å². The Bertz CT molecular complexity index is 895. The van der Waals surface area contributed by atoms with Crippen LogP contribution in [0.1, 0.15) is 14.5 Å². The minimum Gasteiger partial charge on any atom is -0.287 e. The maximum Gasteiger partial charge on any atom is 0.212 e. The van der Waals surface area contributed by atoms with Crippen LogP contribution in [0.3, 0.4) is 0 Å². The number of rotatable bonds is 4. The molecule has 4 aromatic rings. The van der Waals surface area contributed by atoms with Gasteiger partial charge in [0.1, 0.15) is 0 Å². The van der Waals surface area contributed by atoms with Crippen LogP contribution in [0.25, 0.3) is 21.1 Å². The van der Waals surface area contributed by atoms with E-state index in [1.807, 2.05) is 60.7 Å². The third-order valence-corrected chi connectivity index (χ3v) is 5.71. The summed E-state index contributed by atoms with van der Waals surface area (Å²) in [6, 6.07) is 19.2. The van der Waals surface area contributed by atoms with E-state index in [1.54, 1.807) is 12.4 Å². The topological polar surface area (TPSA) is 42.9 Å². The van der Waals surface area contributed by atoms with Crippen LogP contribution in [-0.4, -0.2) is 15.8 Å². The van der Waals surface area contributed by atoms with Gasteiger partial charge in [-0.05, 0) is 48.5 Å². The lowest BCUT2D eigenvalue weighted by molar-refractivity contribution is 0.104. The molecule has 0 atom stereocenters. The molecular weight excluding hydrogens is 336 g/mol. The van der Waals surface area contributed by atoms with Crippen molar-refractivity contribution >= 4 is 28.5 Å². The van der Waals surface area contributed by atoms with Crippen molar-refractivity contribution in [3.8, 4) is 21.1 Å². The minimum absolute atomic E-state index is 0.0503. The Morgan fingerprint density at radius 2 is 1.17 bits per heavy atom. The average molecular weight is 348 g/mol. The number of hydrogen-bond acceptors (Lipinski definition) is 5. The van der Waals surface area contributed by atoms with Gasteiger partial charge in [-0.15, -0.1) is 22.7 Å². The summed E-state index contributed by atoms with van der Waals surface area (Å²) in [6.07, 6.45) is 3.52. The Morgan fingerprint density at radius 1 is 0.667 bits per heavy atom. The highest BCUT2D eigenvalue weighted by Gasteiger charge is 2.16. The van der Waals surface area contributed by atoms with Gasteiger partial charge in [0.25, 0.3) is 0 Å². The van der Waals surface area contributed by atoms with Crippen molar-refractivity contribution in [2.45, 2.75) is 0 Å². The van der Waals surface area contributed by atoms with Gasteiger partial charge in [-0.25, -0.2) is 0 Å². The summed E-state index contributed by atoms with van der Waals surface area (Å²) in [5, 5.41) is 0. The summed E-state index contributed by atoms with van der Waals surface area (Å²) in [6.45, 7) is 0. The predicted octanol–water partition coefficient (Wildman–Crippen LogP) is 5.16. The van der Waals surface area contributed by atoms with Crippen molar-refractivity contribution in [2.24, 2.45) is 0 Å². The Kier molecular flexibility index (Phi) is 4.02. The fourth-order valence-electron chi connectivity index (χ4n) is 2.33. The standard InChI is InChI=1S/C19H12N2OS2/c22-19(17-9-7-15(23-17)13-5-1-3-11-20-13)18-10-8-16(24-18)14-6-2-4-12-21-14/h1-12H. The van der Waals surface area contributed by atoms with Crippen molar-refractivity contribution in [1.29, 1.82) is 0 Å². The highest BCUT2D eigenvalue weighted by molar-refractivity contribution is 7.20. The average Bonchev–Trinajstić information content (AvgIpc) is 3.33. The van der Waals surface area contributed by atoms with E-state index in [9.17, 15) is 4.79 Å². The van der Waals surface area contributed by atoms with Crippen LogP contribution >= 0.6 is 22.7 Å². The molecular formula is C19H12N2OS2. The molecule has 24 heavy (non-hydrogen) atoms. The number of pyridine rings is 2. The van der Waals surface area contributed by atoms with Gasteiger partial charge >= 0.3 is 0 Å². The number of carbonyl (C=O) groups is 1. The molecule has 4 rings (SSSR count). The van der Waals surface area contributed by atoms with Gasteiger partial charge in [0, 0.05) is 12.4 Å². The minimum atomic E-state index is 0.0503. The summed E-state index contributed by atoms with van der Waals surface area (Å²) in [4.78, 5) is 24.8. The Morgan fingerprint density at radius 3 is 1.58 bits per heavy atom. The largest absolute Gasteiger partial charge is 0.287 e. The van der Waals surface area contributed by atoms with Gasteiger partial charge in [0.05, 0.1) is 30.9 Å². The van der Waals surface area contributed by atoms with Gasteiger partial charge in [-0.3, -0.25) is 14.8 Å². The van der Waals surface area contributed by atoms with Gasteiger partial charge in [-0.1, -0.05) is 12.1 Å². The molecule has 0 spiro atoms. The second kappa shape index (κ2) is 6.47. The molecule has 4 aromatic heterocycles. The van der Waals surface area contributed by atoms with Crippen molar-refractivity contribution in [3.63, 3.8) is 0 Å². The molecule has 0 bridgehead atoms. The van der Waals surface area contributed by atoms with Gasteiger partial charge in [0.15, 0.2) is 0 Å². The number of ketones is 1. The summed E-state index contributed by atoms with van der Waals surface area (Å²) in [5.74, 6) is 0.0503. The molecule has 5 heteroatoms. The number of hydrogen-bond donors (Lipinski definition) is 0. The number of nitrogens with zero attached hydrogens (tertiary/aromatic N) is 2. The highest BCUT2D eigenvalue weighted by atomic mass is 32.1. The van der Waals surface area contributed by atoms with Crippen LogP contribution in [0, 0.1) is 0 Å². The number of carbonyl (C=O) groups excluding carboxylic acids is 1. The first-order valence-electron chi connectivity index (χ1n) is 7.38. The molecule has 0 N–H and O–H groups in total. The lowest BCUT2D eigenvalue weighted by Crippen LogP contribution is -1.93. The molecule has 0 saturated heterocycles. The number of aromatic nitrogens is 2. The second-order valence-electron chi connectivity index (χ2n) is 5.09. The van der Waals surface area contributed by atoms with E-state index >= 15 is 0 Å². The zero-order chi connectivity index (χ0) is 16.4. The first-order chi connectivity index (χ1) is 11.8. The van der Waals surface area contributed by atoms with E-state index in [1.165, 1.54) is 22.7 Å². The van der Waals surface area contributed by atoms with Crippen LogP contribution in [0.4, 0.5) is 0 Å². The molecule has 4 heterocycles. The van der Waals surface area contributed by atoms with Gasteiger partial charge in [-0.2, -0.15) is 0 Å². The van der Waals surface area contributed by atoms with E-state index in [0.29, 0.717) is 0 Å². The lowest BCUT2D eigenvalue weighted by atomic mass is 10.2. The molecule has 0 radical (unpaired) electrons. The van der Waals surface area contributed by atoms with Crippen LogP contribution < -0.4 is 0 Å². The van der Waals surface area contributed by atoms with Crippen molar-refractivity contribution in [1.82, 2.24) is 9.97 Å². The predicted molar refractivity (Wildman–Crippen MR) is 98.5 cm³/mol. The van der Waals surface area contributed by atoms with Crippen molar-refractivity contribution in [2.75, 3.05) is 0 Å². The summed E-state index contributed by atoms with van der Waals surface area (Å²) in [7, 11) is 0. The number of thiophene rings is 2. The SMILES string of the molecule is O=C(c1ccc(-c2ccccn2)s1)c1ccc(-c2ccccn2)s1. The fraction of sp³-hybridized carbons (Fsp3) is 0.